The molecule has 1 aromatic rings. The fourth-order valence-electron chi connectivity index (χ4n) is 3.57. The van der Waals surface area contributed by atoms with Crippen LogP contribution >= 0.6 is 0 Å². The topological polar surface area (TPSA) is 12.0 Å². The Balaban J connectivity index is 2.16. The highest BCUT2D eigenvalue weighted by Gasteiger charge is 2.31. The molecule has 1 aromatic carbocycles. The lowest BCUT2D eigenvalue weighted by atomic mass is 9.73. The lowest BCUT2D eigenvalue weighted by Gasteiger charge is -2.35. The highest BCUT2D eigenvalue weighted by atomic mass is 19.2. The molecule has 0 aliphatic heterocycles. The zero-order valence-corrected chi connectivity index (χ0v) is 12.9. The first-order chi connectivity index (χ1) is 9.95. The van der Waals surface area contributed by atoms with Gasteiger partial charge in [-0.1, -0.05) is 19.9 Å². The van der Waals surface area contributed by atoms with Crippen molar-refractivity contribution in [2.45, 2.75) is 45.6 Å². The fourth-order valence-corrected chi connectivity index (χ4v) is 3.57. The number of halogens is 3. The van der Waals surface area contributed by atoms with Gasteiger partial charge in [0.2, 0.25) is 0 Å². The van der Waals surface area contributed by atoms with Gasteiger partial charge in [-0.15, -0.1) is 0 Å². The van der Waals surface area contributed by atoms with Crippen LogP contribution in [0.3, 0.4) is 0 Å². The first kappa shape index (κ1) is 16.3. The van der Waals surface area contributed by atoms with Gasteiger partial charge in [-0.2, -0.15) is 0 Å². The van der Waals surface area contributed by atoms with Gasteiger partial charge in [0.25, 0.3) is 0 Å². The SMILES string of the molecule is CNC(c1ccc(F)c(F)c1F)C1CCC(C(C)C)CC1. The van der Waals surface area contributed by atoms with Crippen LogP contribution in [0.5, 0.6) is 0 Å². The van der Waals surface area contributed by atoms with E-state index in [1.165, 1.54) is 6.07 Å². The molecule has 0 bridgehead atoms. The first-order valence-electron chi connectivity index (χ1n) is 7.76. The van der Waals surface area contributed by atoms with Gasteiger partial charge in [0, 0.05) is 11.6 Å². The van der Waals surface area contributed by atoms with E-state index in [9.17, 15) is 13.2 Å². The molecule has 118 valence electrons. The molecule has 0 radical (unpaired) electrons. The average Bonchev–Trinajstić information content (AvgIpc) is 2.48. The molecular weight excluding hydrogens is 275 g/mol. The van der Waals surface area contributed by atoms with E-state index in [0.717, 1.165) is 31.7 Å². The lowest BCUT2D eigenvalue weighted by molar-refractivity contribution is 0.190. The van der Waals surface area contributed by atoms with Crippen LogP contribution in [0.25, 0.3) is 0 Å². The minimum absolute atomic E-state index is 0.240. The number of nitrogens with one attached hydrogen (secondary N) is 1. The Morgan fingerprint density at radius 3 is 2.05 bits per heavy atom. The van der Waals surface area contributed by atoms with Crippen LogP contribution in [0.4, 0.5) is 13.2 Å². The normalized spacial score (nSPS) is 24.3. The van der Waals surface area contributed by atoms with Crippen LogP contribution in [0, 0.1) is 35.2 Å². The van der Waals surface area contributed by atoms with Gasteiger partial charge < -0.3 is 5.32 Å². The third-order valence-electron chi connectivity index (χ3n) is 4.94. The van der Waals surface area contributed by atoms with Crippen LogP contribution < -0.4 is 5.32 Å². The summed E-state index contributed by atoms with van der Waals surface area (Å²) in [4.78, 5) is 0. The number of hydrogen-bond donors (Lipinski definition) is 1. The quantitative estimate of drug-likeness (QED) is 0.785. The monoisotopic (exact) mass is 299 g/mol. The van der Waals surface area contributed by atoms with Crippen LogP contribution in [0.15, 0.2) is 12.1 Å². The second kappa shape index (κ2) is 6.82. The summed E-state index contributed by atoms with van der Waals surface area (Å²) in [5.41, 5.74) is 0.240. The van der Waals surface area contributed by atoms with Crippen LogP contribution in [0.1, 0.15) is 51.1 Å². The van der Waals surface area contributed by atoms with Crippen molar-refractivity contribution >= 4 is 0 Å². The molecule has 1 aliphatic carbocycles. The summed E-state index contributed by atoms with van der Waals surface area (Å²) in [5.74, 6) is -1.91. The van der Waals surface area contributed by atoms with Crippen LogP contribution in [-0.2, 0) is 0 Å². The van der Waals surface area contributed by atoms with E-state index in [-0.39, 0.29) is 17.5 Å². The summed E-state index contributed by atoms with van der Waals surface area (Å²) in [7, 11) is 1.75. The molecule has 2 rings (SSSR count). The van der Waals surface area contributed by atoms with Crippen molar-refractivity contribution in [3.63, 3.8) is 0 Å². The van der Waals surface area contributed by atoms with Crippen molar-refractivity contribution in [1.29, 1.82) is 0 Å². The van der Waals surface area contributed by atoms with Gasteiger partial charge in [0.1, 0.15) is 0 Å². The molecule has 1 aliphatic rings. The third kappa shape index (κ3) is 3.42. The summed E-state index contributed by atoms with van der Waals surface area (Å²) >= 11 is 0. The number of rotatable bonds is 4. The van der Waals surface area contributed by atoms with E-state index in [2.05, 4.69) is 19.2 Å². The van der Waals surface area contributed by atoms with Gasteiger partial charge >= 0.3 is 0 Å². The molecule has 1 fully saturated rings. The maximum absolute atomic E-state index is 14.0. The molecule has 0 heterocycles. The zero-order valence-electron chi connectivity index (χ0n) is 12.9. The van der Waals surface area contributed by atoms with Gasteiger partial charge in [-0.05, 0) is 56.6 Å². The summed E-state index contributed by atoms with van der Waals surface area (Å²) in [6.07, 6.45) is 4.22. The van der Waals surface area contributed by atoms with Crippen molar-refractivity contribution in [2.75, 3.05) is 7.05 Å². The molecule has 0 amide bonds. The molecule has 0 aromatic heterocycles. The standard InChI is InChI=1S/C17H24F3N/c1-10(2)11-4-6-12(7-5-11)17(21-3)13-8-9-14(18)16(20)15(13)19/h8-12,17,21H,4-7H2,1-3H3. The first-order valence-corrected chi connectivity index (χ1v) is 7.76. The van der Waals surface area contributed by atoms with Crippen LogP contribution in [-0.4, -0.2) is 7.05 Å². The smallest absolute Gasteiger partial charge is 0.194 e. The van der Waals surface area contributed by atoms with E-state index in [0.29, 0.717) is 11.8 Å². The summed E-state index contributed by atoms with van der Waals surface area (Å²) < 4.78 is 40.5. The molecule has 1 atom stereocenters. The lowest BCUT2D eigenvalue weighted by Crippen LogP contribution is -2.30. The molecule has 1 nitrogen and oxygen atoms in total. The van der Waals surface area contributed by atoms with Gasteiger partial charge in [-0.25, -0.2) is 13.2 Å². The van der Waals surface area contributed by atoms with Gasteiger partial charge in [-0.3, -0.25) is 0 Å². The Kier molecular flexibility index (Phi) is 5.31. The van der Waals surface area contributed by atoms with Gasteiger partial charge in [0.15, 0.2) is 17.5 Å². The molecular formula is C17H24F3N. The molecule has 1 N–H and O–H groups in total. The Labute approximate surface area is 124 Å². The minimum atomic E-state index is -1.37. The van der Waals surface area contributed by atoms with Crippen molar-refractivity contribution in [3.8, 4) is 0 Å². The Morgan fingerprint density at radius 2 is 1.52 bits per heavy atom. The summed E-state index contributed by atoms with van der Waals surface area (Å²) in [6.45, 7) is 4.46. The molecule has 0 spiro atoms. The van der Waals surface area contributed by atoms with Crippen molar-refractivity contribution in [3.05, 3.63) is 35.1 Å². The van der Waals surface area contributed by atoms with E-state index in [1.54, 1.807) is 7.05 Å². The van der Waals surface area contributed by atoms with E-state index in [1.807, 2.05) is 0 Å². The molecule has 1 saturated carbocycles. The second-order valence-electron chi connectivity index (χ2n) is 6.45. The van der Waals surface area contributed by atoms with Gasteiger partial charge in [0.05, 0.1) is 0 Å². The number of hydrogen-bond acceptors (Lipinski definition) is 1. The molecule has 0 saturated heterocycles. The molecule has 4 heteroatoms. The molecule has 21 heavy (non-hydrogen) atoms. The summed E-state index contributed by atoms with van der Waals surface area (Å²) in [6, 6.07) is 2.12. The number of benzene rings is 1. The third-order valence-corrected chi connectivity index (χ3v) is 4.94. The van der Waals surface area contributed by atoms with E-state index in [4.69, 9.17) is 0 Å². The Bertz CT molecular complexity index is 479. The van der Waals surface area contributed by atoms with E-state index >= 15 is 0 Å². The van der Waals surface area contributed by atoms with E-state index < -0.39 is 17.5 Å². The largest absolute Gasteiger partial charge is 0.313 e. The second-order valence-corrected chi connectivity index (χ2v) is 6.45. The Hall–Kier alpha value is -1.03. The molecule has 1 unspecified atom stereocenters. The average molecular weight is 299 g/mol. The predicted molar refractivity (Wildman–Crippen MR) is 78.4 cm³/mol. The van der Waals surface area contributed by atoms with Crippen molar-refractivity contribution < 1.29 is 13.2 Å². The maximum Gasteiger partial charge on any atom is 0.194 e. The summed E-state index contributed by atoms with van der Waals surface area (Å²) in [5, 5.41) is 3.09. The highest BCUT2D eigenvalue weighted by Crippen LogP contribution is 2.40. The maximum atomic E-state index is 14.0. The fraction of sp³-hybridized carbons (Fsp3) is 0.647. The minimum Gasteiger partial charge on any atom is -0.313 e. The Morgan fingerprint density at radius 1 is 0.952 bits per heavy atom. The van der Waals surface area contributed by atoms with Crippen LogP contribution in [0.2, 0.25) is 0 Å². The predicted octanol–water partition coefficient (Wildman–Crippen LogP) is 4.83. The highest BCUT2D eigenvalue weighted by molar-refractivity contribution is 5.24. The van der Waals surface area contributed by atoms with Crippen molar-refractivity contribution in [1.82, 2.24) is 5.32 Å². The zero-order chi connectivity index (χ0) is 15.6. The van der Waals surface area contributed by atoms with Crippen molar-refractivity contribution in [2.24, 2.45) is 17.8 Å².